The first-order valence-electron chi connectivity index (χ1n) is 15.1. The Morgan fingerprint density at radius 1 is 0.886 bits per heavy atom. The molecule has 10 heteroatoms. The zero-order chi connectivity index (χ0) is 29.9. The van der Waals surface area contributed by atoms with Crippen LogP contribution < -0.4 is 9.80 Å². The lowest BCUT2D eigenvalue weighted by Gasteiger charge is -2.35. The summed E-state index contributed by atoms with van der Waals surface area (Å²) >= 11 is 0. The number of benzene rings is 2. The molecule has 2 aliphatic rings. The van der Waals surface area contributed by atoms with Crippen molar-refractivity contribution in [2.24, 2.45) is 0 Å². The number of ether oxygens (including phenoxy) is 1. The monoisotopic (exact) mass is 591 g/mol. The highest BCUT2D eigenvalue weighted by Gasteiger charge is 2.28. The summed E-state index contributed by atoms with van der Waals surface area (Å²) in [4.78, 5) is 28.6. The fraction of sp³-hybridized carbons (Fsp3) is 0.294. The van der Waals surface area contributed by atoms with Gasteiger partial charge in [0.1, 0.15) is 29.8 Å². The molecule has 1 amide bonds. The van der Waals surface area contributed by atoms with E-state index in [0.717, 1.165) is 59.2 Å². The van der Waals surface area contributed by atoms with Crippen LogP contribution in [0.2, 0.25) is 0 Å². The van der Waals surface area contributed by atoms with Gasteiger partial charge in [0.15, 0.2) is 5.65 Å². The molecule has 2 aromatic carbocycles. The number of anilines is 2. The summed E-state index contributed by atoms with van der Waals surface area (Å²) < 4.78 is 21.5. The van der Waals surface area contributed by atoms with Crippen LogP contribution in [0.25, 0.3) is 17.0 Å². The number of fused-ring (bicyclic) bond motifs is 1. The van der Waals surface area contributed by atoms with E-state index in [2.05, 4.69) is 14.8 Å². The third kappa shape index (κ3) is 5.85. The van der Waals surface area contributed by atoms with Crippen LogP contribution in [0.3, 0.4) is 0 Å². The topological polar surface area (TPSA) is 79.1 Å². The molecule has 5 heterocycles. The molecule has 0 spiro atoms. The Morgan fingerprint density at radius 2 is 1.73 bits per heavy atom. The molecule has 9 nitrogen and oxygen atoms in total. The highest BCUT2D eigenvalue weighted by atomic mass is 19.1. The molecule has 0 N–H and O–H groups in total. The maximum absolute atomic E-state index is 14.0. The smallest absolute Gasteiger partial charge is 0.248 e. The second-order valence-electron chi connectivity index (χ2n) is 11.2. The Morgan fingerprint density at radius 3 is 2.57 bits per heavy atom. The van der Waals surface area contributed by atoms with E-state index < -0.39 is 0 Å². The molecule has 0 unspecified atom stereocenters. The molecular formula is C34H34FN7O2. The van der Waals surface area contributed by atoms with Crippen LogP contribution in [-0.2, 0) is 16.1 Å². The number of halogens is 1. The van der Waals surface area contributed by atoms with Crippen molar-refractivity contribution in [2.75, 3.05) is 49.1 Å². The Hall–Kier alpha value is -4.83. The molecular weight excluding hydrogens is 557 g/mol. The second kappa shape index (κ2) is 12.4. The van der Waals surface area contributed by atoms with Gasteiger partial charge in [0.05, 0.1) is 24.5 Å². The Kier molecular flexibility index (Phi) is 7.89. The van der Waals surface area contributed by atoms with Gasteiger partial charge < -0.3 is 19.4 Å². The molecule has 2 fully saturated rings. The number of aromatic nitrogens is 4. The zero-order valence-electron chi connectivity index (χ0n) is 24.4. The quantitative estimate of drug-likeness (QED) is 0.247. The SMILES string of the molecule is O=C(COCc1ccccc1)N1CCN(c2cccc(-c3cnc4ccc(N5CCC[C@@H]5c5cccc(F)c5)nn34)n2)CC1. The lowest BCUT2D eigenvalue weighted by molar-refractivity contribution is -0.136. The predicted molar refractivity (Wildman–Crippen MR) is 167 cm³/mol. The molecule has 0 saturated carbocycles. The predicted octanol–water partition coefficient (Wildman–Crippen LogP) is 5.14. The molecule has 0 bridgehead atoms. The van der Waals surface area contributed by atoms with Crippen molar-refractivity contribution in [1.82, 2.24) is 24.5 Å². The van der Waals surface area contributed by atoms with E-state index in [1.807, 2.05) is 76.1 Å². The highest BCUT2D eigenvalue weighted by Crippen LogP contribution is 2.35. The first kappa shape index (κ1) is 28.0. The third-order valence-corrected chi connectivity index (χ3v) is 8.42. The van der Waals surface area contributed by atoms with Gasteiger partial charge in [-0.1, -0.05) is 48.5 Å². The van der Waals surface area contributed by atoms with Crippen LogP contribution in [0, 0.1) is 5.82 Å². The van der Waals surface area contributed by atoms with Gasteiger partial charge in [-0.15, -0.1) is 5.10 Å². The normalized spacial score (nSPS) is 17.0. The molecule has 1 atom stereocenters. The van der Waals surface area contributed by atoms with Crippen molar-refractivity contribution in [2.45, 2.75) is 25.5 Å². The van der Waals surface area contributed by atoms with Gasteiger partial charge in [-0.05, 0) is 60.4 Å². The highest BCUT2D eigenvalue weighted by molar-refractivity contribution is 5.77. The number of carbonyl (C=O) groups excluding carboxylic acids is 1. The average molecular weight is 592 g/mol. The first-order chi connectivity index (χ1) is 21.6. The molecule has 2 aliphatic heterocycles. The summed E-state index contributed by atoms with van der Waals surface area (Å²) in [6.07, 6.45) is 3.77. The second-order valence-corrected chi connectivity index (χ2v) is 11.2. The van der Waals surface area contributed by atoms with Gasteiger partial charge >= 0.3 is 0 Å². The largest absolute Gasteiger partial charge is 0.367 e. The van der Waals surface area contributed by atoms with E-state index in [9.17, 15) is 9.18 Å². The van der Waals surface area contributed by atoms with Crippen LogP contribution in [0.15, 0.2) is 91.1 Å². The van der Waals surface area contributed by atoms with Crippen molar-refractivity contribution in [1.29, 1.82) is 0 Å². The number of piperazine rings is 1. The van der Waals surface area contributed by atoms with E-state index in [-0.39, 0.29) is 24.4 Å². The van der Waals surface area contributed by atoms with Crippen molar-refractivity contribution < 1.29 is 13.9 Å². The van der Waals surface area contributed by atoms with E-state index in [0.29, 0.717) is 32.8 Å². The Bertz CT molecular complexity index is 1750. The minimum absolute atomic E-state index is 0.00698. The van der Waals surface area contributed by atoms with E-state index in [4.69, 9.17) is 14.8 Å². The van der Waals surface area contributed by atoms with Crippen molar-refractivity contribution in [3.8, 4) is 11.4 Å². The lowest BCUT2D eigenvalue weighted by atomic mass is 10.0. The van der Waals surface area contributed by atoms with Crippen LogP contribution in [0.1, 0.15) is 30.0 Å². The van der Waals surface area contributed by atoms with Crippen molar-refractivity contribution in [3.05, 3.63) is 108 Å². The van der Waals surface area contributed by atoms with Gasteiger partial charge in [-0.2, -0.15) is 0 Å². The number of rotatable bonds is 8. The summed E-state index contributed by atoms with van der Waals surface area (Å²) in [7, 11) is 0. The van der Waals surface area contributed by atoms with Gasteiger partial charge in [-0.3, -0.25) is 4.79 Å². The van der Waals surface area contributed by atoms with Crippen molar-refractivity contribution in [3.63, 3.8) is 0 Å². The summed E-state index contributed by atoms with van der Waals surface area (Å²) in [6, 6.07) is 26.7. The first-order valence-corrected chi connectivity index (χ1v) is 15.1. The number of imidazole rings is 1. The van der Waals surface area contributed by atoms with Crippen LogP contribution >= 0.6 is 0 Å². The molecule has 0 aliphatic carbocycles. The molecule has 7 rings (SSSR count). The van der Waals surface area contributed by atoms with Gasteiger partial charge in [-0.25, -0.2) is 18.9 Å². The van der Waals surface area contributed by atoms with E-state index in [1.54, 1.807) is 18.3 Å². The van der Waals surface area contributed by atoms with Crippen LogP contribution in [-0.4, -0.2) is 69.7 Å². The van der Waals surface area contributed by atoms with Gasteiger partial charge in [0.2, 0.25) is 5.91 Å². The van der Waals surface area contributed by atoms with E-state index >= 15 is 0 Å². The van der Waals surface area contributed by atoms with Crippen molar-refractivity contribution >= 4 is 23.2 Å². The van der Waals surface area contributed by atoms with Crippen LogP contribution in [0.5, 0.6) is 0 Å². The van der Waals surface area contributed by atoms with Gasteiger partial charge in [0, 0.05) is 32.7 Å². The Balaban J connectivity index is 1.03. The number of nitrogens with zero attached hydrogens (tertiary/aromatic N) is 7. The minimum Gasteiger partial charge on any atom is -0.367 e. The number of pyridine rings is 1. The summed E-state index contributed by atoms with van der Waals surface area (Å²) in [5, 5.41) is 4.98. The summed E-state index contributed by atoms with van der Waals surface area (Å²) in [5.74, 6) is 1.47. The fourth-order valence-corrected chi connectivity index (χ4v) is 6.14. The minimum atomic E-state index is -0.221. The zero-order valence-corrected chi connectivity index (χ0v) is 24.4. The van der Waals surface area contributed by atoms with E-state index in [1.165, 1.54) is 6.07 Å². The number of hydrogen-bond acceptors (Lipinski definition) is 7. The molecule has 224 valence electrons. The maximum atomic E-state index is 14.0. The summed E-state index contributed by atoms with van der Waals surface area (Å²) in [5.41, 5.74) is 4.33. The molecule has 44 heavy (non-hydrogen) atoms. The van der Waals surface area contributed by atoms with Gasteiger partial charge in [0.25, 0.3) is 0 Å². The fourth-order valence-electron chi connectivity index (χ4n) is 6.14. The number of amides is 1. The third-order valence-electron chi connectivity index (χ3n) is 8.42. The molecule has 3 aromatic heterocycles. The average Bonchev–Trinajstić information content (AvgIpc) is 3.73. The molecule has 2 saturated heterocycles. The molecule has 5 aromatic rings. The number of hydrogen-bond donors (Lipinski definition) is 0. The summed E-state index contributed by atoms with van der Waals surface area (Å²) in [6.45, 7) is 3.95. The molecule has 0 radical (unpaired) electrons. The lowest BCUT2D eigenvalue weighted by Crippen LogP contribution is -2.50. The standard InChI is InChI=1S/C34H34FN7O2/c35-27-10-4-9-26(21-27)29-12-6-16-41(29)33-15-14-31-36-22-30(42(31)38-33)28-11-5-13-32(37-28)39-17-19-40(20-18-39)34(43)24-44-23-25-7-2-1-3-8-25/h1-5,7-11,13-15,21-22,29H,6,12,16-20,23-24H2/t29-/m1/s1. The number of carbonyl (C=O) groups is 1. The van der Waals surface area contributed by atoms with Crippen LogP contribution in [0.4, 0.5) is 16.0 Å². The maximum Gasteiger partial charge on any atom is 0.248 e. The Labute approximate surface area is 255 Å².